The Balaban J connectivity index is 2.28. The summed E-state index contributed by atoms with van der Waals surface area (Å²) >= 11 is 0. The number of rotatable bonds is 3. The third-order valence-corrected chi connectivity index (χ3v) is 3.44. The van der Waals surface area contributed by atoms with Crippen LogP contribution >= 0.6 is 0 Å². The molecule has 2 aromatic carbocycles. The van der Waals surface area contributed by atoms with Gasteiger partial charge in [0.15, 0.2) is 0 Å². The van der Waals surface area contributed by atoms with E-state index in [2.05, 4.69) is 4.98 Å². The summed E-state index contributed by atoms with van der Waals surface area (Å²) < 4.78 is 0. The van der Waals surface area contributed by atoms with Crippen molar-refractivity contribution in [1.82, 2.24) is 4.98 Å². The number of aromatic amines is 1. The number of amidine groups is 2. The lowest BCUT2D eigenvalue weighted by atomic mass is 9.97. The molecule has 0 saturated heterocycles. The van der Waals surface area contributed by atoms with E-state index in [1.807, 2.05) is 42.5 Å². The number of H-pyrrole nitrogens is 1. The molecular weight excluding hydrogens is 262 g/mol. The van der Waals surface area contributed by atoms with Gasteiger partial charge in [-0.05, 0) is 12.1 Å². The quantitative estimate of drug-likeness (QED) is 0.373. The van der Waals surface area contributed by atoms with Crippen LogP contribution in [0.5, 0.6) is 0 Å². The van der Waals surface area contributed by atoms with E-state index in [0.29, 0.717) is 11.1 Å². The highest BCUT2D eigenvalue weighted by molar-refractivity contribution is 6.12. The molecule has 1 heterocycles. The predicted molar refractivity (Wildman–Crippen MR) is 85.8 cm³/mol. The van der Waals surface area contributed by atoms with E-state index in [1.54, 1.807) is 6.07 Å². The highest BCUT2D eigenvalue weighted by Gasteiger charge is 2.15. The van der Waals surface area contributed by atoms with Crippen LogP contribution < -0.4 is 11.5 Å². The fraction of sp³-hybridized carbons (Fsp3) is 0. The van der Waals surface area contributed by atoms with Gasteiger partial charge in [0.05, 0.1) is 0 Å². The molecule has 0 spiro atoms. The fourth-order valence-electron chi connectivity index (χ4n) is 2.51. The lowest BCUT2D eigenvalue weighted by Crippen LogP contribution is -2.21. The van der Waals surface area contributed by atoms with Crippen LogP contribution in [0.3, 0.4) is 0 Å². The van der Waals surface area contributed by atoms with Gasteiger partial charge in [0.2, 0.25) is 0 Å². The van der Waals surface area contributed by atoms with Crippen molar-refractivity contribution in [2.45, 2.75) is 0 Å². The maximum Gasteiger partial charge on any atom is 0.124 e. The summed E-state index contributed by atoms with van der Waals surface area (Å²) in [6.07, 6.45) is 0. The molecule has 3 rings (SSSR count). The smallest absolute Gasteiger partial charge is 0.124 e. The molecule has 1 aromatic heterocycles. The summed E-state index contributed by atoms with van der Waals surface area (Å²) in [5.41, 5.74) is 14.9. The first-order valence-electron chi connectivity index (χ1n) is 6.48. The first-order valence-corrected chi connectivity index (χ1v) is 6.48. The van der Waals surface area contributed by atoms with Gasteiger partial charge >= 0.3 is 0 Å². The highest BCUT2D eigenvalue weighted by Crippen LogP contribution is 2.28. The third-order valence-electron chi connectivity index (χ3n) is 3.44. The molecule has 0 aliphatic rings. The largest absolute Gasteiger partial charge is 0.384 e. The molecule has 5 heteroatoms. The van der Waals surface area contributed by atoms with Crippen LogP contribution in [0.15, 0.2) is 48.5 Å². The molecule has 5 nitrogen and oxygen atoms in total. The van der Waals surface area contributed by atoms with Gasteiger partial charge in [-0.1, -0.05) is 36.4 Å². The lowest BCUT2D eigenvalue weighted by molar-refractivity contribution is 1.36. The average molecular weight is 277 g/mol. The maximum absolute atomic E-state index is 7.81. The van der Waals surface area contributed by atoms with Crippen molar-refractivity contribution in [2.24, 2.45) is 11.5 Å². The standard InChI is InChI=1S/C16H15N5/c17-15(18)11-6-3-5-10(14(11)16(19)20)13-8-9-4-1-2-7-12(9)21-13/h1-8,21H,(H3,17,18)(H3,19,20). The monoisotopic (exact) mass is 277 g/mol. The number of aromatic nitrogens is 1. The molecule has 104 valence electrons. The lowest BCUT2D eigenvalue weighted by Gasteiger charge is -2.11. The van der Waals surface area contributed by atoms with Crippen molar-refractivity contribution in [3.63, 3.8) is 0 Å². The van der Waals surface area contributed by atoms with Crippen LogP contribution in [0.1, 0.15) is 11.1 Å². The van der Waals surface area contributed by atoms with Crippen molar-refractivity contribution in [1.29, 1.82) is 10.8 Å². The van der Waals surface area contributed by atoms with Gasteiger partial charge in [-0.15, -0.1) is 0 Å². The molecule has 0 aliphatic heterocycles. The minimum Gasteiger partial charge on any atom is -0.384 e. The Hall–Kier alpha value is -3.08. The zero-order valence-corrected chi connectivity index (χ0v) is 11.3. The number of para-hydroxylation sites is 1. The number of benzene rings is 2. The molecule has 0 fully saturated rings. The van der Waals surface area contributed by atoms with E-state index in [4.69, 9.17) is 22.3 Å². The normalized spacial score (nSPS) is 10.7. The Morgan fingerprint density at radius 3 is 2.33 bits per heavy atom. The molecule has 0 amide bonds. The first kappa shape index (κ1) is 12.9. The molecule has 7 N–H and O–H groups in total. The number of hydrogen-bond acceptors (Lipinski definition) is 2. The summed E-state index contributed by atoms with van der Waals surface area (Å²) in [4.78, 5) is 3.31. The van der Waals surface area contributed by atoms with E-state index < -0.39 is 0 Å². The zero-order valence-electron chi connectivity index (χ0n) is 11.3. The van der Waals surface area contributed by atoms with Gasteiger partial charge in [0, 0.05) is 33.3 Å². The van der Waals surface area contributed by atoms with E-state index in [0.717, 1.165) is 22.2 Å². The number of nitrogen functional groups attached to an aromatic ring is 2. The second-order valence-electron chi connectivity index (χ2n) is 4.83. The second-order valence-corrected chi connectivity index (χ2v) is 4.83. The molecule has 0 bridgehead atoms. The van der Waals surface area contributed by atoms with Crippen LogP contribution in [0.25, 0.3) is 22.2 Å². The minimum atomic E-state index is -0.102. The molecule has 0 saturated carbocycles. The summed E-state index contributed by atoms with van der Waals surface area (Å²) in [6, 6.07) is 15.3. The number of fused-ring (bicyclic) bond motifs is 1. The fourth-order valence-corrected chi connectivity index (χ4v) is 2.51. The van der Waals surface area contributed by atoms with Gasteiger partial charge in [-0.2, -0.15) is 0 Å². The Morgan fingerprint density at radius 2 is 1.67 bits per heavy atom. The molecule has 0 unspecified atom stereocenters. The predicted octanol–water partition coefficient (Wildman–Crippen LogP) is 2.40. The molecule has 0 atom stereocenters. The SMILES string of the molecule is N=C(N)c1cccc(-c2cc3ccccc3[nH]2)c1C(=N)N. The van der Waals surface area contributed by atoms with E-state index in [1.165, 1.54) is 0 Å². The second kappa shape index (κ2) is 4.79. The van der Waals surface area contributed by atoms with Gasteiger partial charge in [0.25, 0.3) is 0 Å². The van der Waals surface area contributed by atoms with Crippen LogP contribution in [0.4, 0.5) is 0 Å². The van der Waals surface area contributed by atoms with Gasteiger partial charge < -0.3 is 16.5 Å². The molecular formula is C16H15N5. The summed E-state index contributed by atoms with van der Waals surface area (Å²) in [5, 5.41) is 16.5. The summed E-state index contributed by atoms with van der Waals surface area (Å²) in [6.45, 7) is 0. The average Bonchev–Trinajstić information content (AvgIpc) is 2.90. The maximum atomic E-state index is 7.81. The minimum absolute atomic E-state index is 0.0989. The highest BCUT2D eigenvalue weighted by atomic mass is 14.8. The number of nitrogens with two attached hydrogens (primary N) is 2. The van der Waals surface area contributed by atoms with Crippen molar-refractivity contribution < 1.29 is 0 Å². The molecule has 0 aliphatic carbocycles. The Bertz CT molecular complexity index is 827. The zero-order chi connectivity index (χ0) is 15.0. The van der Waals surface area contributed by atoms with Crippen molar-refractivity contribution >= 4 is 22.6 Å². The van der Waals surface area contributed by atoms with Crippen molar-refractivity contribution in [3.05, 3.63) is 59.7 Å². The van der Waals surface area contributed by atoms with Crippen LogP contribution in [-0.2, 0) is 0 Å². The van der Waals surface area contributed by atoms with Gasteiger partial charge in [-0.25, -0.2) is 0 Å². The number of nitrogens with one attached hydrogen (secondary N) is 3. The molecule has 21 heavy (non-hydrogen) atoms. The van der Waals surface area contributed by atoms with Gasteiger partial charge in [-0.3, -0.25) is 10.8 Å². The summed E-state index contributed by atoms with van der Waals surface area (Å²) in [7, 11) is 0. The third kappa shape index (κ3) is 2.14. The van der Waals surface area contributed by atoms with Crippen molar-refractivity contribution in [3.8, 4) is 11.3 Å². The van der Waals surface area contributed by atoms with E-state index in [-0.39, 0.29) is 11.7 Å². The number of hydrogen-bond donors (Lipinski definition) is 5. The van der Waals surface area contributed by atoms with Gasteiger partial charge in [0.1, 0.15) is 11.7 Å². The molecule has 3 aromatic rings. The Labute approximate surface area is 121 Å². The topological polar surface area (TPSA) is 116 Å². The van der Waals surface area contributed by atoms with Crippen LogP contribution in [0, 0.1) is 10.8 Å². The van der Waals surface area contributed by atoms with Crippen molar-refractivity contribution in [2.75, 3.05) is 0 Å². The van der Waals surface area contributed by atoms with E-state index in [9.17, 15) is 0 Å². The summed E-state index contributed by atoms with van der Waals surface area (Å²) in [5.74, 6) is -0.201. The molecule has 0 radical (unpaired) electrons. The van der Waals surface area contributed by atoms with E-state index >= 15 is 0 Å². The van der Waals surface area contributed by atoms with Crippen LogP contribution in [0.2, 0.25) is 0 Å². The Morgan fingerprint density at radius 1 is 0.905 bits per heavy atom. The first-order chi connectivity index (χ1) is 10.1. The Kier molecular flexibility index (Phi) is 2.95. The van der Waals surface area contributed by atoms with Crippen LogP contribution in [-0.4, -0.2) is 16.7 Å².